The lowest BCUT2D eigenvalue weighted by Crippen LogP contribution is -2.69. The van der Waals surface area contributed by atoms with Crippen LogP contribution in [0.15, 0.2) is 0 Å². The Kier molecular flexibility index (Phi) is 12.3. The maximum atomic E-state index is 12.6. The minimum atomic E-state index is -3.07. The van der Waals surface area contributed by atoms with Crippen LogP contribution in [0.5, 0.6) is 0 Å². The molecule has 3 atom stereocenters. The molecular formula is C20H39N3O7. The summed E-state index contributed by atoms with van der Waals surface area (Å²) in [5.74, 6) is -4.00. The molecular weight excluding hydrogens is 394 g/mol. The standard InChI is InChI=1S/C20H39N3O7/c1-13(2)7-5-6-8-17(26)22-15(10-24)18(27)23-16(9-14(3)4)20(29,30)19(28,11-21)12-25/h11,13-16,21,24-25,28-30H,5-10,12H2,1-4H3,(H,22,26)(H,23,27)/t15-,16-,19-/m0/s1. The van der Waals surface area contributed by atoms with Crippen LogP contribution in [0.25, 0.3) is 0 Å². The van der Waals surface area contributed by atoms with Gasteiger partial charge in [-0.2, -0.15) is 0 Å². The molecule has 0 bridgehead atoms. The molecule has 30 heavy (non-hydrogen) atoms. The Labute approximate surface area is 178 Å². The van der Waals surface area contributed by atoms with Crippen LogP contribution in [0, 0.1) is 17.2 Å². The highest BCUT2D eigenvalue weighted by Gasteiger charge is 2.53. The molecule has 8 N–H and O–H groups in total. The number of unbranched alkanes of at least 4 members (excludes halogenated alkanes) is 1. The predicted octanol–water partition coefficient (Wildman–Crippen LogP) is -0.735. The first kappa shape index (κ1) is 28.4. The summed E-state index contributed by atoms with van der Waals surface area (Å²) in [4.78, 5) is 24.6. The molecule has 2 amide bonds. The third kappa shape index (κ3) is 8.65. The maximum Gasteiger partial charge on any atom is 0.245 e. The van der Waals surface area contributed by atoms with Crippen molar-refractivity contribution in [2.75, 3.05) is 13.2 Å². The van der Waals surface area contributed by atoms with E-state index in [0.29, 0.717) is 12.3 Å². The van der Waals surface area contributed by atoms with Gasteiger partial charge in [0.1, 0.15) is 6.04 Å². The Morgan fingerprint density at radius 1 is 1.00 bits per heavy atom. The fourth-order valence-electron chi connectivity index (χ4n) is 2.94. The van der Waals surface area contributed by atoms with Crippen molar-refractivity contribution in [3.63, 3.8) is 0 Å². The van der Waals surface area contributed by atoms with Gasteiger partial charge in [-0.05, 0) is 24.7 Å². The predicted molar refractivity (Wildman–Crippen MR) is 112 cm³/mol. The molecule has 0 radical (unpaired) electrons. The molecule has 0 unspecified atom stereocenters. The molecule has 176 valence electrons. The van der Waals surface area contributed by atoms with Crippen LogP contribution in [0.4, 0.5) is 0 Å². The molecule has 0 aliphatic rings. The summed E-state index contributed by atoms with van der Waals surface area (Å²) in [6, 6.07) is -2.81. The number of carbonyl (C=O) groups is 2. The molecule has 0 aromatic carbocycles. The summed E-state index contributed by atoms with van der Waals surface area (Å²) in [5.41, 5.74) is -2.71. The van der Waals surface area contributed by atoms with Crippen LogP contribution < -0.4 is 10.6 Å². The fraction of sp³-hybridized carbons (Fsp3) is 0.850. The quantitative estimate of drug-likeness (QED) is 0.0950. The monoisotopic (exact) mass is 433 g/mol. The zero-order chi connectivity index (χ0) is 23.5. The highest BCUT2D eigenvalue weighted by molar-refractivity contribution is 5.88. The van der Waals surface area contributed by atoms with E-state index in [2.05, 4.69) is 24.5 Å². The number of carbonyl (C=O) groups excluding carboxylic acids is 2. The maximum absolute atomic E-state index is 12.6. The normalized spacial score (nSPS) is 16.1. The van der Waals surface area contributed by atoms with E-state index in [-0.39, 0.29) is 25.0 Å². The molecule has 10 nitrogen and oxygen atoms in total. The molecule has 0 aliphatic carbocycles. The highest BCUT2D eigenvalue weighted by Crippen LogP contribution is 2.26. The molecule has 0 aromatic heterocycles. The summed E-state index contributed by atoms with van der Waals surface area (Å²) in [6.07, 6.45) is 2.93. The van der Waals surface area contributed by atoms with Gasteiger partial charge in [-0.3, -0.25) is 9.59 Å². The molecule has 0 aromatic rings. The summed E-state index contributed by atoms with van der Waals surface area (Å²) in [5, 5.41) is 61.9. The van der Waals surface area contributed by atoms with Crippen molar-refractivity contribution in [1.82, 2.24) is 10.6 Å². The van der Waals surface area contributed by atoms with Crippen molar-refractivity contribution in [3.8, 4) is 0 Å². The van der Waals surface area contributed by atoms with E-state index >= 15 is 0 Å². The molecule has 0 fully saturated rings. The molecule has 0 saturated heterocycles. The van der Waals surface area contributed by atoms with E-state index in [9.17, 15) is 35.1 Å². The van der Waals surface area contributed by atoms with Gasteiger partial charge >= 0.3 is 0 Å². The summed E-state index contributed by atoms with van der Waals surface area (Å²) in [7, 11) is 0. The zero-order valence-corrected chi connectivity index (χ0v) is 18.4. The van der Waals surface area contributed by atoms with E-state index in [1.165, 1.54) is 0 Å². The SMILES string of the molecule is CC(C)CCCCC(=O)N[C@@H](CO)C(=O)N[C@@H](CC(C)C)C(O)(O)[C@](O)(C=N)CO. The van der Waals surface area contributed by atoms with Gasteiger partial charge in [0.25, 0.3) is 0 Å². The Balaban J connectivity index is 5.19. The van der Waals surface area contributed by atoms with Gasteiger partial charge in [0.2, 0.25) is 17.6 Å². The average Bonchev–Trinajstić information content (AvgIpc) is 2.67. The van der Waals surface area contributed by atoms with Gasteiger partial charge in [-0.1, -0.05) is 40.5 Å². The van der Waals surface area contributed by atoms with Crippen molar-refractivity contribution < 1.29 is 35.1 Å². The minimum Gasteiger partial charge on any atom is -0.394 e. The van der Waals surface area contributed by atoms with Crippen molar-refractivity contribution >= 4 is 18.0 Å². The number of rotatable bonds is 15. The number of aliphatic hydroxyl groups is 5. The topological polar surface area (TPSA) is 183 Å². The van der Waals surface area contributed by atoms with Crippen molar-refractivity contribution in [2.45, 2.75) is 83.3 Å². The molecule has 0 heterocycles. The Bertz CT molecular complexity index is 555. The third-order valence-electron chi connectivity index (χ3n) is 4.90. The van der Waals surface area contributed by atoms with Gasteiger partial charge in [0.05, 0.1) is 19.3 Å². The van der Waals surface area contributed by atoms with Crippen LogP contribution in [-0.4, -0.2) is 80.2 Å². The van der Waals surface area contributed by atoms with Gasteiger partial charge in [-0.15, -0.1) is 0 Å². The smallest absolute Gasteiger partial charge is 0.245 e. The van der Waals surface area contributed by atoms with E-state index in [4.69, 9.17) is 5.41 Å². The number of nitrogens with one attached hydrogen (secondary N) is 3. The van der Waals surface area contributed by atoms with E-state index in [1.807, 2.05) is 0 Å². The second-order valence-corrected chi connectivity index (χ2v) is 8.59. The van der Waals surface area contributed by atoms with Gasteiger partial charge in [0, 0.05) is 12.6 Å². The molecule has 0 aliphatic heterocycles. The highest BCUT2D eigenvalue weighted by atomic mass is 16.5. The Hall–Kier alpha value is -1.59. The van der Waals surface area contributed by atoms with Crippen molar-refractivity contribution in [1.29, 1.82) is 5.41 Å². The average molecular weight is 434 g/mol. The van der Waals surface area contributed by atoms with Crippen LogP contribution in [0.1, 0.15) is 59.8 Å². The fourth-order valence-corrected chi connectivity index (χ4v) is 2.94. The number of hydrogen-bond acceptors (Lipinski definition) is 8. The number of aliphatic hydroxyl groups excluding tert-OH is 2. The second-order valence-electron chi connectivity index (χ2n) is 8.59. The van der Waals surface area contributed by atoms with Gasteiger partial charge in [0.15, 0.2) is 5.60 Å². The van der Waals surface area contributed by atoms with E-state index in [1.54, 1.807) is 13.8 Å². The molecule has 10 heteroatoms. The zero-order valence-electron chi connectivity index (χ0n) is 18.4. The number of hydrogen-bond donors (Lipinski definition) is 8. The molecule has 0 rings (SSSR count). The van der Waals surface area contributed by atoms with Crippen LogP contribution >= 0.6 is 0 Å². The molecule has 0 spiro atoms. The minimum absolute atomic E-state index is 0.0177. The molecule has 0 saturated carbocycles. The summed E-state index contributed by atoms with van der Waals surface area (Å²) < 4.78 is 0. The van der Waals surface area contributed by atoms with E-state index < -0.39 is 48.5 Å². The summed E-state index contributed by atoms with van der Waals surface area (Å²) >= 11 is 0. The Morgan fingerprint density at radius 3 is 2.03 bits per heavy atom. The lowest BCUT2D eigenvalue weighted by atomic mass is 9.84. The van der Waals surface area contributed by atoms with Crippen molar-refractivity contribution in [3.05, 3.63) is 0 Å². The number of amides is 2. The first-order valence-corrected chi connectivity index (χ1v) is 10.3. The second kappa shape index (κ2) is 13.0. The third-order valence-corrected chi connectivity index (χ3v) is 4.90. The van der Waals surface area contributed by atoms with E-state index in [0.717, 1.165) is 12.8 Å². The lowest BCUT2D eigenvalue weighted by Gasteiger charge is -2.42. The van der Waals surface area contributed by atoms with Crippen LogP contribution in [-0.2, 0) is 9.59 Å². The van der Waals surface area contributed by atoms with Gasteiger partial charge in [-0.25, -0.2) is 0 Å². The largest absolute Gasteiger partial charge is 0.394 e. The van der Waals surface area contributed by atoms with Crippen LogP contribution in [0.2, 0.25) is 0 Å². The van der Waals surface area contributed by atoms with Crippen LogP contribution in [0.3, 0.4) is 0 Å². The first-order chi connectivity index (χ1) is 13.8. The summed E-state index contributed by atoms with van der Waals surface area (Å²) in [6.45, 7) is 5.76. The lowest BCUT2D eigenvalue weighted by molar-refractivity contribution is -0.272. The first-order valence-electron chi connectivity index (χ1n) is 10.3. The Morgan fingerprint density at radius 2 is 1.60 bits per heavy atom. The van der Waals surface area contributed by atoms with Gasteiger partial charge < -0.3 is 41.6 Å². The van der Waals surface area contributed by atoms with Crippen molar-refractivity contribution in [2.24, 2.45) is 11.8 Å².